The van der Waals surface area contributed by atoms with E-state index in [1.54, 1.807) is 7.11 Å². The molecule has 1 aliphatic carbocycles. The van der Waals surface area contributed by atoms with Crippen LogP contribution >= 0.6 is 0 Å². The molecule has 4 rings (SSSR count). The Hall–Kier alpha value is -1.98. The molecule has 0 amide bonds. The highest BCUT2D eigenvalue weighted by atomic mass is 16.6. The Morgan fingerprint density at radius 3 is 2.53 bits per heavy atom. The monoisotopic (exact) mass is 440 g/mol. The summed E-state index contributed by atoms with van der Waals surface area (Å²) >= 11 is 0. The number of esters is 1. The second-order valence-corrected chi connectivity index (χ2v) is 9.86. The Kier molecular flexibility index (Phi) is 6.60. The number of ether oxygens (including phenoxy) is 3. The average molecular weight is 441 g/mol. The first-order valence-corrected chi connectivity index (χ1v) is 12.1. The van der Waals surface area contributed by atoms with E-state index in [0.29, 0.717) is 24.4 Å². The molecule has 1 aromatic carbocycles. The normalized spacial score (nSPS) is 28.5. The van der Waals surface area contributed by atoms with Crippen molar-refractivity contribution in [3.63, 3.8) is 0 Å². The highest BCUT2D eigenvalue weighted by Gasteiger charge is 2.67. The Bertz CT molecular complexity index is 922. The fourth-order valence-corrected chi connectivity index (χ4v) is 6.25. The first-order chi connectivity index (χ1) is 15.3. The minimum atomic E-state index is -0.617. The fourth-order valence-electron chi connectivity index (χ4n) is 6.25. The van der Waals surface area contributed by atoms with Crippen LogP contribution in [0.5, 0.6) is 0 Å². The highest BCUT2D eigenvalue weighted by molar-refractivity contribution is 6.26. The first kappa shape index (κ1) is 23.2. The molecule has 0 N–H and O–H groups in total. The lowest BCUT2D eigenvalue weighted by Crippen LogP contribution is -2.44. The molecule has 32 heavy (non-hydrogen) atoms. The van der Waals surface area contributed by atoms with Crippen LogP contribution in [0.2, 0.25) is 0 Å². The molecular weight excluding hydrogens is 404 g/mol. The first-order valence-electron chi connectivity index (χ1n) is 12.1. The number of fused-ring (bicyclic) bond motifs is 5. The second kappa shape index (κ2) is 9.11. The van der Waals surface area contributed by atoms with Gasteiger partial charge >= 0.3 is 5.97 Å². The van der Waals surface area contributed by atoms with E-state index in [1.807, 2.05) is 13.8 Å². The Morgan fingerprint density at radius 2 is 1.88 bits per heavy atom. The predicted octanol–water partition coefficient (Wildman–Crippen LogP) is 5.23. The number of carbonyl (C=O) groups excluding carboxylic acids is 2. The fraction of sp³-hybridized carbons (Fsp3) is 0.630. The van der Waals surface area contributed by atoms with Crippen molar-refractivity contribution in [1.29, 1.82) is 0 Å². The smallest absolute Gasteiger partial charge is 0.310 e. The van der Waals surface area contributed by atoms with Crippen molar-refractivity contribution in [1.82, 2.24) is 0 Å². The third-order valence-corrected chi connectivity index (χ3v) is 7.42. The number of allylic oxidation sites excluding steroid dienone is 1. The van der Waals surface area contributed by atoms with E-state index < -0.39 is 5.60 Å². The molecule has 2 fully saturated rings. The summed E-state index contributed by atoms with van der Waals surface area (Å²) < 4.78 is 17.9. The van der Waals surface area contributed by atoms with Gasteiger partial charge in [-0.1, -0.05) is 43.9 Å². The number of hydrogen-bond acceptors (Lipinski definition) is 5. The Balaban J connectivity index is 1.74. The lowest BCUT2D eigenvalue weighted by molar-refractivity contribution is -0.140. The van der Waals surface area contributed by atoms with Gasteiger partial charge in [0, 0.05) is 13.5 Å². The minimum Gasteiger partial charge on any atom is -0.430 e. The van der Waals surface area contributed by atoms with Gasteiger partial charge in [0.1, 0.15) is 11.4 Å². The number of unbranched alkanes of at least 4 members (excludes halogenated alkanes) is 3. The zero-order chi connectivity index (χ0) is 23.0. The molecule has 0 spiro atoms. The summed E-state index contributed by atoms with van der Waals surface area (Å²) in [5.74, 6) is -0.218. The van der Waals surface area contributed by atoms with Crippen molar-refractivity contribution < 1.29 is 23.8 Å². The number of benzene rings is 1. The topological polar surface area (TPSA) is 61.8 Å². The van der Waals surface area contributed by atoms with Crippen molar-refractivity contribution in [2.75, 3.05) is 13.7 Å². The summed E-state index contributed by atoms with van der Waals surface area (Å²) in [5.41, 5.74) is 4.12. The predicted molar refractivity (Wildman–Crippen MR) is 123 cm³/mol. The van der Waals surface area contributed by atoms with E-state index in [2.05, 4.69) is 26.0 Å². The van der Waals surface area contributed by atoms with Crippen LogP contribution < -0.4 is 0 Å². The van der Waals surface area contributed by atoms with Crippen molar-refractivity contribution in [3.8, 4) is 0 Å². The zero-order valence-electron chi connectivity index (χ0n) is 20.1. The van der Waals surface area contributed by atoms with Gasteiger partial charge in [-0.05, 0) is 56.7 Å². The molecule has 5 nitrogen and oxygen atoms in total. The molecule has 0 radical (unpaired) electrons. The highest BCUT2D eigenvalue weighted by Crippen LogP contribution is 2.60. The summed E-state index contributed by atoms with van der Waals surface area (Å²) in [7, 11) is 1.65. The summed E-state index contributed by atoms with van der Waals surface area (Å²) in [6.45, 7) is 8.65. The van der Waals surface area contributed by atoms with E-state index in [4.69, 9.17) is 14.2 Å². The van der Waals surface area contributed by atoms with Crippen molar-refractivity contribution in [2.45, 2.75) is 84.3 Å². The van der Waals surface area contributed by atoms with Crippen molar-refractivity contribution in [2.24, 2.45) is 11.8 Å². The SMILES string of the molecule is CCCCCCC(=O)OC1=C(c2c(C)cc(C)cc2C)C(=O)[C@H]2[C@@H]1[C@@H]1CC[C@@]2(COC)O1. The molecule has 0 aromatic heterocycles. The van der Waals surface area contributed by atoms with E-state index in [1.165, 1.54) is 0 Å². The van der Waals surface area contributed by atoms with Crippen LogP contribution in [0, 0.1) is 32.6 Å². The Labute approximate surface area is 191 Å². The molecule has 2 aliphatic heterocycles. The van der Waals surface area contributed by atoms with Crippen LogP contribution in [-0.2, 0) is 23.8 Å². The maximum absolute atomic E-state index is 14.0. The minimum absolute atomic E-state index is 0.0399. The molecule has 0 saturated carbocycles. The number of ketones is 1. The van der Waals surface area contributed by atoms with Crippen molar-refractivity contribution >= 4 is 17.3 Å². The van der Waals surface area contributed by atoms with Gasteiger partial charge in [0.05, 0.1) is 30.1 Å². The number of aryl methyl sites for hydroxylation is 3. The van der Waals surface area contributed by atoms with E-state index in [9.17, 15) is 9.59 Å². The van der Waals surface area contributed by atoms with Gasteiger partial charge in [-0.2, -0.15) is 0 Å². The standard InChI is InChI=1S/C27H36O5/c1-6-7-8-9-10-20(28)31-26-22-19-11-12-27(32-19,15-30-5)24(22)25(29)23(26)21-17(3)13-16(2)14-18(21)4/h13-14,19,22,24H,6-12,15H2,1-5H3/t19-,22-,24+,27-/m0/s1. The lowest BCUT2D eigenvalue weighted by Gasteiger charge is -2.31. The molecule has 3 aliphatic rings. The number of rotatable bonds is 9. The van der Waals surface area contributed by atoms with Gasteiger partial charge in [0.25, 0.3) is 0 Å². The molecule has 174 valence electrons. The van der Waals surface area contributed by atoms with Crippen LogP contribution in [0.15, 0.2) is 17.9 Å². The number of Topliss-reactive ketones (excluding diaryl/α,β-unsaturated/α-hetero) is 1. The van der Waals surface area contributed by atoms with Gasteiger partial charge < -0.3 is 14.2 Å². The molecule has 5 heteroatoms. The van der Waals surface area contributed by atoms with Gasteiger partial charge in [-0.25, -0.2) is 0 Å². The molecule has 1 aromatic rings. The molecule has 0 unspecified atom stereocenters. The van der Waals surface area contributed by atoms with E-state index in [-0.39, 0.29) is 29.7 Å². The van der Waals surface area contributed by atoms with Gasteiger partial charge in [0.2, 0.25) is 0 Å². The number of hydrogen-bond donors (Lipinski definition) is 0. The summed E-state index contributed by atoms with van der Waals surface area (Å²) in [4.78, 5) is 26.8. The second-order valence-electron chi connectivity index (χ2n) is 9.86. The molecule has 2 saturated heterocycles. The Morgan fingerprint density at radius 1 is 1.16 bits per heavy atom. The largest absolute Gasteiger partial charge is 0.430 e. The molecule has 2 heterocycles. The maximum Gasteiger partial charge on any atom is 0.310 e. The van der Waals surface area contributed by atoms with E-state index >= 15 is 0 Å². The number of carbonyl (C=O) groups is 2. The number of methoxy groups -OCH3 is 1. The van der Waals surface area contributed by atoms with Gasteiger partial charge in [-0.3, -0.25) is 9.59 Å². The third kappa shape index (κ3) is 3.84. The van der Waals surface area contributed by atoms with Gasteiger partial charge in [-0.15, -0.1) is 0 Å². The molecular formula is C27H36O5. The molecule has 2 bridgehead atoms. The summed E-state index contributed by atoms with van der Waals surface area (Å²) in [6.07, 6.45) is 5.99. The average Bonchev–Trinajstić information content (AvgIpc) is 3.36. The van der Waals surface area contributed by atoms with Crippen LogP contribution in [-0.4, -0.2) is 37.2 Å². The van der Waals surface area contributed by atoms with E-state index in [0.717, 1.165) is 60.8 Å². The summed E-state index contributed by atoms with van der Waals surface area (Å²) in [5, 5.41) is 0. The van der Waals surface area contributed by atoms with Gasteiger partial charge in [0.15, 0.2) is 5.78 Å². The maximum atomic E-state index is 14.0. The van der Waals surface area contributed by atoms with Crippen molar-refractivity contribution in [3.05, 3.63) is 40.1 Å². The lowest BCUT2D eigenvalue weighted by atomic mass is 9.72. The van der Waals surface area contributed by atoms with Crippen LogP contribution in [0.3, 0.4) is 0 Å². The third-order valence-electron chi connectivity index (χ3n) is 7.42. The van der Waals surface area contributed by atoms with Crippen LogP contribution in [0.25, 0.3) is 5.57 Å². The molecule has 4 atom stereocenters. The quantitative estimate of drug-likeness (QED) is 0.389. The zero-order valence-corrected chi connectivity index (χ0v) is 20.1. The van der Waals surface area contributed by atoms with Crippen LogP contribution in [0.1, 0.15) is 74.1 Å². The van der Waals surface area contributed by atoms with Crippen LogP contribution in [0.4, 0.5) is 0 Å². The summed E-state index contributed by atoms with van der Waals surface area (Å²) in [6, 6.07) is 4.19.